The van der Waals surface area contributed by atoms with Crippen LogP contribution in [0, 0.1) is 0 Å². The monoisotopic (exact) mass is 263 g/mol. The summed E-state index contributed by atoms with van der Waals surface area (Å²) in [4.78, 5) is 1.04. The van der Waals surface area contributed by atoms with Gasteiger partial charge in [0, 0.05) is 0 Å². The van der Waals surface area contributed by atoms with Gasteiger partial charge in [-0.15, -0.1) is 11.3 Å². The summed E-state index contributed by atoms with van der Waals surface area (Å²) in [5.74, 6) is 1.72. The molecule has 18 heavy (non-hydrogen) atoms. The van der Waals surface area contributed by atoms with Crippen LogP contribution in [0.3, 0.4) is 0 Å². The predicted molar refractivity (Wildman–Crippen MR) is 74.5 cm³/mol. The number of benzene rings is 1. The van der Waals surface area contributed by atoms with Crippen LogP contribution in [0.1, 0.15) is 23.4 Å². The molecule has 0 amide bonds. The molecule has 2 N–H and O–H groups in total. The number of thiophene rings is 1. The summed E-state index contributed by atoms with van der Waals surface area (Å²) in [7, 11) is 1.66. The van der Waals surface area contributed by atoms with Gasteiger partial charge in [0.2, 0.25) is 0 Å². The van der Waals surface area contributed by atoms with Crippen molar-refractivity contribution in [3.05, 3.63) is 46.2 Å². The van der Waals surface area contributed by atoms with Crippen LogP contribution < -0.4 is 15.2 Å². The van der Waals surface area contributed by atoms with Gasteiger partial charge in [-0.2, -0.15) is 0 Å². The summed E-state index contributed by atoms with van der Waals surface area (Å²) in [6, 6.07) is 9.66. The Labute approximate surface area is 111 Å². The van der Waals surface area contributed by atoms with Crippen molar-refractivity contribution in [3.63, 3.8) is 0 Å². The second-order valence-electron chi connectivity index (χ2n) is 3.83. The smallest absolute Gasteiger partial charge is 0.134 e. The summed E-state index contributed by atoms with van der Waals surface area (Å²) in [5, 5.41) is 1.99. The fraction of sp³-hybridized carbons (Fsp3) is 0.286. The average Bonchev–Trinajstić information content (AvgIpc) is 2.87. The fourth-order valence-corrected chi connectivity index (χ4v) is 2.68. The molecular weight excluding hydrogens is 246 g/mol. The van der Waals surface area contributed by atoms with Crippen LogP contribution >= 0.6 is 11.3 Å². The van der Waals surface area contributed by atoms with Gasteiger partial charge in [-0.3, -0.25) is 0 Å². The molecule has 0 aliphatic rings. The third-order valence-corrected chi connectivity index (χ3v) is 3.69. The summed E-state index contributed by atoms with van der Waals surface area (Å²) >= 11 is 1.61. The second kappa shape index (κ2) is 5.89. The van der Waals surface area contributed by atoms with Crippen LogP contribution in [0.5, 0.6) is 11.5 Å². The molecule has 0 fully saturated rings. The van der Waals surface area contributed by atoms with Crippen molar-refractivity contribution >= 4 is 11.3 Å². The Morgan fingerprint density at radius 3 is 2.56 bits per heavy atom. The highest BCUT2D eigenvalue weighted by Gasteiger charge is 2.15. The maximum atomic E-state index is 6.25. The highest BCUT2D eigenvalue weighted by Crippen LogP contribution is 2.33. The van der Waals surface area contributed by atoms with Gasteiger partial charge >= 0.3 is 0 Å². The third kappa shape index (κ3) is 2.66. The van der Waals surface area contributed by atoms with Crippen LogP contribution in [0.4, 0.5) is 0 Å². The zero-order valence-corrected chi connectivity index (χ0v) is 11.4. The molecule has 1 unspecified atom stereocenters. The minimum atomic E-state index is -0.157. The first-order valence-electron chi connectivity index (χ1n) is 5.86. The summed E-state index contributed by atoms with van der Waals surface area (Å²) < 4.78 is 10.7. The molecule has 96 valence electrons. The topological polar surface area (TPSA) is 44.5 Å². The van der Waals surface area contributed by atoms with E-state index in [4.69, 9.17) is 15.2 Å². The minimum Gasteiger partial charge on any atom is -0.496 e. The standard InChI is InChI=1S/C14H17NO2S/c1-3-17-11-6-4-10(5-7-11)13(15)14-12(16-2)8-9-18-14/h4-9,13H,3,15H2,1-2H3. The summed E-state index contributed by atoms with van der Waals surface area (Å²) in [5.41, 5.74) is 7.31. The molecule has 4 heteroatoms. The van der Waals surface area contributed by atoms with Gasteiger partial charge in [0.1, 0.15) is 11.5 Å². The highest BCUT2D eigenvalue weighted by molar-refractivity contribution is 7.10. The van der Waals surface area contributed by atoms with E-state index in [-0.39, 0.29) is 6.04 Å². The molecule has 2 rings (SSSR count). The molecule has 0 bridgehead atoms. The molecule has 3 nitrogen and oxygen atoms in total. The van der Waals surface area contributed by atoms with Crippen molar-refractivity contribution < 1.29 is 9.47 Å². The van der Waals surface area contributed by atoms with E-state index < -0.39 is 0 Å². The van der Waals surface area contributed by atoms with Crippen LogP contribution in [-0.2, 0) is 0 Å². The predicted octanol–water partition coefficient (Wildman–Crippen LogP) is 3.20. The number of nitrogens with two attached hydrogens (primary N) is 1. The van der Waals surface area contributed by atoms with Crippen LogP contribution in [0.15, 0.2) is 35.7 Å². The Hall–Kier alpha value is -1.52. The maximum Gasteiger partial charge on any atom is 0.134 e. The van der Waals surface area contributed by atoms with E-state index in [0.717, 1.165) is 21.9 Å². The van der Waals surface area contributed by atoms with E-state index in [1.165, 1.54) is 0 Å². The van der Waals surface area contributed by atoms with Gasteiger partial charge in [-0.1, -0.05) is 12.1 Å². The molecule has 2 aromatic rings. The largest absolute Gasteiger partial charge is 0.496 e. The lowest BCUT2D eigenvalue weighted by Crippen LogP contribution is -2.11. The third-order valence-electron chi connectivity index (χ3n) is 2.71. The SMILES string of the molecule is CCOc1ccc(C(N)c2sccc2OC)cc1. The quantitative estimate of drug-likeness (QED) is 0.901. The molecule has 1 aromatic carbocycles. The first kappa shape index (κ1) is 12.9. The normalized spacial score (nSPS) is 12.2. The Balaban J connectivity index is 2.20. The number of methoxy groups -OCH3 is 1. The van der Waals surface area contributed by atoms with E-state index in [1.807, 2.05) is 42.6 Å². The van der Waals surface area contributed by atoms with Crippen LogP contribution in [0.25, 0.3) is 0 Å². The fourth-order valence-electron chi connectivity index (χ4n) is 1.79. The lowest BCUT2D eigenvalue weighted by Gasteiger charge is -2.13. The van der Waals surface area contributed by atoms with Gasteiger partial charge in [-0.25, -0.2) is 0 Å². The molecule has 0 spiro atoms. The second-order valence-corrected chi connectivity index (χ2v) is 4.78. The first-order valence-corrected chi connectivity index (χ1v) is 6.74. The Morgan fingerprint density at radius 1 is 1.22 bits per heavy atom. The number of hydrogen-bond acceptors (Lipinski definition) is 4. The highest BCUT2D eigenvalue weighted by atomic mass is 32.1. The minimum absolute atomic E-state index is 0.157. The zero-order chi connectivity index (χ0) is 13.0. The molecule has 1 aromatic heterocycles. The van der Waals surface area contributed by atoms with Gasteiger partial charge in [0.25, 0.3) is 0 Å². The van der Waals surface area contributed by atoms with E-state index in [1.54, 1.807) is 18.4 Å². The first-order chi connectivity index (χ1) is 8.76. The lowest BCUT2D eigenvalue weighted by atomic mass is 10.1. The molecule has 1 heterocycles. The molecule has 0 saturated heterocycles. The van der Waals surface area contributed by atoms with Gasteiger partial charge in [-0.05, 0) is 36.1 Å². The van der Waals surface area contributed by atoms with Crippen molar-refractivity contribution in [2.45, 2.75) is 13.0 Å². The van der Waals surface area contributed by atoms with E-state index in [9.17, 15) is 0 Å². The van der Waals surface area contributed by atoms with E-state index in [2.05, 4.69) is 0 Å². The summed E-state index contributed by atoms with van der Waals surface area (Å²) in [6.07, 6.45) is 0. The average molecular weight is 263 g/mol. The van der Waals surface area contributed by atoms with Crippen molar-refractivity contribution in [3.8, 4) is 11.5 Å². The molecule has 0 aliphatic carbocycles. The van der Waals surface area contributed by atoms with Crippen LogP contribution in [-0.4, -0.2) is 13.7 Å². The van der Waals surface area contributed by atoms with Gasteiger partial charge in [0.15, 0.2) is 0 Å². The van der Waals surface area contributed by atoms with Crippen molar-refractivity contribution in [2.24, 2.45) is 5.73 Å². The molecular formula is C14H17NO2S. The van der Waals surface area contributed by atoms with Gasteiger partial charge in [0.05, 0.1) is 24.6 Å². The molecule has 0 saturated carbocycles. The Kier molecular flexibility index (Phi) is 4.23. The van der Waals surface area contributed by atoms with E-state index >= 15 is 0 Å². The maximum absolute atomic E-state index is 6.25. The Morgan fingerprint density at radius 2 is 1.94 bits per heavy atom. The number of rotatable bonds is 5. The van der Waals surface area contributed by atoms with Gasteiger partial charge < -0.3 is 15.2 Å². The van der Waals surface area contributed by atoms with Crippen molar-refractivity contribution in [1.82, 2.24) is 0 Å². The lowest BCUT2D eigenvalue weighted by molar-refractivity contribution is 0.340. The zero-order valence-electron chi connectivity index (χ0n) is 10.6. The number of ether oxygens (including phenoxy) is 2. The van der Waals surface area contributed by atoms with Crippen LogP contribution in [0.2, 0.25) is 0 Å². The molecule has 0 radical (unpaired) electrons. The number of hydrogen-bond donors (Lipinski definition) is 1. The van der Waals surface area contributed by atoms with Crippen molar-refractivity contribution in [1.29, 1.82) is 0 Å². The molecule has 1 atom stereocenters. The summed E-state index contributed by atoms with van der Waals surface area (Å²) in [6.45, 7) is 2.64. The Bertz CT molecular complexity index is 493. The molecule has 0 aliphatic heterocycles. The van der Waals surface area contributed by atoms with E-state index in [0.29, 0.717) is 6.61 Å². The van der Waals surface area contributed by atoms with Crippen molar-refractivity contribution in [2.75, 3.05) is 13.7 Å².